The molecule has 0 aliphatic carbocycles. The number of anilines is 1. The molecule has 3 aromatic rings. The monoisotopic (exact) mass is 299 g/mol. The minimum Gasteiger partial charge on any atom is -0.371 e. The van der Waals surface area contributed by atoms with Crippen molar-refractivity contribution in [3.63, 3.8) is 0 Å². The van der Waals surface area contributed by atoms with Gasteiger partial charge in [-0.25, -0.2) is 9.97 Å². The van der Waals surface area contributed by atoms with E-state index in [-0.39, 0.29) is 5.28 Å². The van der Waals surface area contributed by atoms with Gasteiger partial charge >= 0.3 is 0 Å². The van der Waals surface area contributed by atoms with E-state index in [0.717, 1.165) is 5.56 Å². The Kier molecular flexibility index (Phi) is 3.38. The van der Waals surface area contributed by atoms with E-state index in [2.05, 4.69) is 31.3 Å². The number of nitrogens with one attached hydrogen (secondary N) is 1. The smallest absolute Gasteiger partial charge is 0.226 e. The van der Waals surface area contributed by atoms with Gasteiger partial charge in [0.1, 0.15) is 11.8 Å². The van der Waals surface area contributed by atoms with E-state index in [9.17, 15) is 0 Å². The first-order chi connectivity index (χ1) is 10.2. The Bertz CT molecular complexity index is 849. The van der Waals surface area contributed by atoms with Crippen molar-refractivity contribution in [2.45, 2.75) is 6.54 Å². The van der Waals surface area contributed by atoms with Gasteiger partial charge in [0.05, 0.1) is 12.9 Å². The number of pyridine rings is 1. The molecule has 1 N–H and O–H groups in total. The second kappa shape index (κ2) is 5.34. The Morgan fingerprint density at radius 3 is 3.00 bits per heavy atom. The van der Waals surface area contributed by atoms with Crippen LogP contribution in [0.15, 0.2) is 24.7 Å². The second-order valence-electron chi connectivity index (χ2n) is 4.26. The number of halogens is 1. The average Bonchev–Trinajstić information content (AvgIpc) is 2.90. The third-order valence-electron chi connectivity index (χ3n) is 3.01. The van der Waals surface area contributed by atoms with Gasteiger partial charge in [0.2, 0.25) is 5.28 Å². The fourth-order valence-electron chi connectivity index (χ4n) is 2.06. The highest BCUT2D eigenvalue weighted by atomic mass is 35.5. The van der Waals surface area contributed by atoms with Gasteiger partial charge in [0, 0.05) is 18.8 Å². The molecule has 0 unspecified atom stereocenters. The third kappa shape index (κ3) is 2.37. The fourth-order valence-corrected chi connectivity index (χ4v) is 2.22. The van der Waals surface area contributed by atoms with Gasteiger partial charge in [0.15, 0.2) is 17.0 Å². The van der Waals surface area contributed by atoms with Gasteiger partial charge in [0.25, 0.3) is 0 Å². The van der Waals surface area contributed by atoms with Crippen molar-refractivity contribution in [1.29, 1.82) is 5.26 Å². The Morgan fingerprint density at radius 1 is 1.38 bits per heavy atom. The molecule has 0 aliphatic heterocycles. The van der Waals surface area contributed by atoms with Gasteiger partial charge in [-0.1, -0.05) is 6.07 Å². The Morgan fingerprint density at radius 2 is 2.24 bits per heavy atom. The lowest BCUT2D eigenvalue weighted by atomic mass is 10.2. The molecule has 0 atom stereocenters. The standard InChI is InChI=1S/C13H10ClN7/c1-16-11-10-12(20-13(14)19-11)21(7-18-10)6-8-3-2-4-17-9(8)5-15/h2-4,7H,6H2,1H3,(H,16,19,20). The van der Waals surface area contributed by atoms with Crippen molar-refractivity contribution < 1.29 is 0 Å². The molecule has 0 fully saturated rings. The van der Waals surface area contributed by atoms with Crippen LogP contribution in [0.5, 0.6) is 0 Å². The van der Waals surface area contributed by atoms with E-state index in [4.69, 9.17) is 16.9 Å². The molecular formula is C13H10ClN7. The lowest BCUT2D eigenvalue weighted by Crippen LogP contribution is -2.04. The largest absolute Gasteiger partial charge is 0.371 e. The zero-order valence-electron chi connectivity index (χ0n) is 11.1. The SMILES string of the molecule is CNc1nc(Cl)nc2c1ncn2Cc1cccnc1C#N. The van der Waals surface area contributed by atoms with Gasteiger partial charge in [-0.3, -0.25) is 0 Å². The highest BCUT2D eigenvalue weighted by Gasteiger charge is 2.13. The van der Waals surface area contributed by atoms with Crippen LogP contribution in [0, 0.1) is 11.3 Å². The third-order valence-corrected chi connectivity index (χ3v) is 3.18. The average molecular weight is 300 g/mol. The quantitative estimate of drug-likeness (QED) is 0.742. The normalized spacial score (nSPS) is 10.5. The maximum Gasteiger partial charge on any atom is 0.226 e. The molecule has 3 aromatic heterocycles. The highest BCUT2D eigenvalue weighted by molar-refractivity contribution is 6.28. The van der Waals surface area contributed by atoms with Crippen molar-refractivity contribution in [1.82, 2.24) is 24.5 Å². The van der Waals surface area contributed by atoms with Gasteiger partial charge < -0.3 is 9.88 Å². The summed E-state index contributed by atoms with van der Waals surface area (Å²) in [4.78, 5) is 16.6. The predicted molar refractivity (Wildman–Crippen MR) is 77.9 cm³/mol. The minimum atomic E-state index is 0.139. The number of nitriles is 1. The molecular weight excluding hydrogens is 290 g/mol. The molecule has 0 radical (unpaired) electrons. The van der Waals surface area contributed by atoms with Crippen molar-refractivity contribution in [3.05, 3.63) is 41.2 Å². The summed E-state index contributed by atoms with van der Waals surface area (Å²) >= 11 is 5.92. The van der Waals surface area contributed by atoms with Gasteiger partial charge in [-0.2, -0.15) is 15.2 Å². The lowest BCUT2D eigenvalue weighted by molar-refractivity contribution is 0.805. The molecule has 7 nitrogen and oxygen atoms in total. The first-order valence-electron chi connectivity index (χ1n) is 6.13. The predicted octanol–water partition coefficient (Wildman–Crippen LogP) is 1.84. The zero-order valence-corrected chi connectivity index (χ0v) is 11.8. The van der Waals surface area contributed by atoms with Crippen LogP contribution >= 0.6 is 11.6 Å². The summed E-state index contributed by atoms with van der Waals surface area (Å²) in [5, 5.41) is 12.2. The molecule has 0 aromatic carbocycles. The van der Waals surface area contributed by atoms with Crippen molar-refractivity contribution >= 4 is 28.6 Å². The summed E-state index contributed by atoms with van der Waals surface area (Å²) in [5.74, 6) is 0.565. The van der Waals surface area contributed by atoms with Crippen LogP contribution in [0.25, 0.3) is 11.2 Å². The highest BCUT2D eigenvalue weighted by Crippen LogP contribution is 2.21. The van der Waals surface area contributed by atoms with Crippen LogP contribution in [0.4, 0.5) is 5.82 Å². The van der Waals surface area contributed by atoms with Crippen LogP contribution in [0.1, 0.15) is 11.3 Å². The zero-order chi connectivity index (χ0) is 14.8. The van der Waals surface area contributed by atoms with Crippen molar-refractivity contribution in [2.24, 2.45) is 0 Å². The van der Waals surface area contributed by atoms with Crippen LogP contribution in [-0.4, -0.2) is 31.6 Å². The Balaban J connectivity index is 2.10. The van der Waals surface area contributed by atoms with E-state index >= 15 is 0 Å². The summed E-state index contributed by atoms with van der Waals surface area (Å²) < 4.78 is 1.81. The molecule has 8 heteroatoms. The first-order valence-corrected chi connectivity index (χ1v) is 6.51. The first kappa shape index (κ1) is 13.3. The number of imidazole rings is 1. The van der Waals surface area contributed by atoms with Crippen LogP contribution in [0.2, 0.25) is 5.28 Å². The number of rotatable bonds is 3. The van der Waals surface area contributed by atoms with E-state index in [1.807, 2.05) is 10.6 Å². The number of fused-ring (bicyclic) bond motifs is 1. The van der Waals surface area contributed by atoms with Crippen LogP contribution in [0.3, 0.4) is 0 Å². The maximum absolute atomic E-state index is 9.09. The summed E-state index contributed by atoms with van der Waals surface area (Å²) in [6.07, 6.45) is 3.23. The number of hydrogen-bond acceptors (Lipinski definition) is 6. The molecule has 104 valence electrons. The molecule has 0 aliphatic rings. The number of aromatic nitrogens is 5. The molecule has 0 saturated carbocycles. The lowest BCUT2D eigenvalue weighted by Gasteiger charge is -2.06. The van der Waals surface area contributed by atoms with Crippen LogP contribution in [-0.2, 0) is 6.54 Å². The molecule has 0 spiro atoms. The number of nitrogens with zero attached hydrogens (tertiary/aromatic N) is 6. The molecule has 3 rings (SSSR count). The Labute approximate surface area is 125 Å². The van der Waals surface area contributed by atoms with Gasteiger partial charge in [-0.05, 0) is 17.7 Å². The molecule has 3 heterocycles. The van der Waals surface area contributed by atoms with E-state index in [1.165, 1.54) is 0 Å². The molecule has 0 bridgehead atoms. The molecule has 0 amide bonds. The van der Waals surface area contributed by atoms with Crippen molar-refractivity contribution in [2.75, 3.05) is 12.4 Å². The summed E-state index contributed by atoms with van der Waals surface area (Å²) in [6, 6.07) is 5.71. The van der Waals surface area contributed by atoms with Crippen LogP contribution < -0.4 is 5.32 Å². The molecule has 0 saturated heterocycles. The summed E-state index contributed by atoms with van der Waals surface area (Å²) in [5.41, 5.74) is 2.41. The van der Waals surface area contributed by atoms with Crippen molar-refractivity contribution in [3.8, 4) is 6.07 Å². The maximum atomic E-state index is 9.09. The van der Waals surface area contributed by atoms with Gasteiger partial charge in [-0.15, -0.1) is 0 Å². The molecule has 21 heavy (non-hydrogen) atoms. The van der Waals surface area contributed by atoms with E-state index in [1.54, 1.807) is 25.6 Å². The topological polar surface area (TPSA) is 92.3 Å². The Hall–Kier alpha value is -2.72. The summed E-state index contributed by atoms with van der Waals surface area (Å²) in [6.45, 7) is 0.434. The minimum absolute atomic E-state index is 0.139. The van der Waals surface area contributed by atoms with E-state index < -0.39 is 0 Å². The fraction of sp³-hybridized carbons (Fsp3) is 0.154. The van der Waals surface area contributed by atoms with E-state index in [0.29, 0.717) is 29.2 Å². The second-order valence-corrected chi connectivity index (χ2v) is 4.60. The summed E-state index contributed by atoms with van der Waals surface area (Å²) in [7, 11) is 1.74. The number of hydrogen-bond donors (Lipinski definition) is 1.